The first-order valence-corrected chi connectivity index (χ1v) is 4.68. The summed E-state index contributed by atoms with van der Waals surface area (Å²) in [6.07, 6.45) is 0.675. The summed E-state index contributed by atoms with van der Waals surface area (Å²) in [6, 6.07) is 0. The summed E-state index contributed by atoms with van der Waals surface area (Å²) in [6.45, 7) is 9.26. The predicted molar refractivity (Wildman–Crippen MR) is 50.1 cm³/mol. The van der Waals surface area contributed by atoms with Crippen LogP contribution in [0.15, 0.2) is 0 Å². The van der Waals surface area contributed by atoms with Crippen molar-refractivity contribution in [3.63, 3.8) is 0 Å². The Balaban J connectivity index is 3.61. The quantitative estimate of drug-likeness (QED) is 0.614. The van der Waals surface area contributed by atoms with Crippen molar-refractivity contribution in [2.75, 3.05) is 13.2 Å². The molecule has 1 atom stereocenters. The first-order chi connectivity index (χ1) is 5.57. The van der Waals surface area contributed by atoms with E-state index in [4.69, 9.17) is 4.74 Å². The van der Waals surface area contributed by atoms with Gasteiger partial charge in [-0.05, 0) is 12.8 Å². The Hall–Kier alpha value is -0.370. The minimum absolute atomic E-state index is 0.0624. The van der Waals surface area contributed by atoms with Gasteiger partial charge in [-0.1, -0.05) is 20.8 Å². The molecule has 0 N–H and O–H groups in total. The zero-order chi connectivity index (χ0) is 9.56. The molecule has 0 saturated heterocycles. The molecule has 0 aliphatic carbocycles. The topological polar surface area (TPSA) is 26.3 Å². The summed E-state index contributed by atoms with van der Waals surface area (Å²) in [5, 5.41) is 0. The summed E-state index contributed by atoms with van der Waals surface area (Å²) in [7, 11) is 0. The van der Waals surface area contributed by atoms with Crippen LogP contribution in [-0.4, -0.2) is 19.0 Å². The van der Waals surface area contributed by atoms with E-state index in [1.807, 2.05) is 13.8 Å². The van der Waals surface area contributed by atoms with E-state index in [1.165, 1.54) is 0 Å². The van der Waals surface area contributed by atoms with Crippen LogP contribution >= 0.6 is 0 Å². The molecule has 0 heterocycles. The Morgan fingerprint density at radius 3 is 2.33 bits per heavy atom. The van der Waals surface area contributed by atoms with Crippen LogP contribution in [0.25, 0.3) is 0 Å². The molecule has 0 aliphatic heterocycles. The lowest BCUT2D eigenvalue weighted by atomic mass is 9.98. The fourth-order valence-electron chi connectivity index (χ4n) is 0.991. The first-order valence-electron chi connectivity index (χ1n) is 4.68. The number of rotatable bonds is 6. The molecule has 2 heteroatoms. The van der Waals surface area contributed by atoms with Gasteiger partial charge in [0.15, 0.2) is 0 Å². The molecule has 0 aliphatic rings. The van der Waals surface area contributed by atoms with E-state index in [-0.39, 0.29) is 5.92 Å². The van der Waals surface area contributed by atoms with E-state index in [2.05, 4.69) is 13.8 Å². The molecule has 12 heavy (non-hydrogen) atoms. The fraction of sp³-hybridized carbons (Fsp3) is 0.900. The lowest BCUT2D eigenvalue weighted by Crippen LogP contribution is -2.18. The van der Waals surface area contributed by atoms with Gasteiger partial charge in [0.2, 0.25) is 0 Å². The van der Waals surface area contributed by atoms with Crippen molar-refractivity contribution in [2.45, 2.75) is 34.1 Å². The van der Waals surface area contributed by atoms with Crippen molar-refractivity contribution in [3.05, 3.63) is 0 Å². The Morgan fingerprint density at radius 2 is 1.92 bits per heavy atom. The normalized spacial score (nSPS) is 13.4. The molecule has 0 amide bonds. The second-order valence-electron chi connectivity index (χ2n) is 3.62. The van der Waals surface area contributed by atoms with Crippen molar-refractivity contribution in [3.8, 4) is 0 Å². The lowest BCUT2D eigenvalue weighted by molar-refractivity contribution is -0.124. The molecule has 0 aromatic rings. The average Bonchev–Trinajstić information content (AvgIpc) is 1.98. The highest BCUT2D eigenvalue weighted by atomic mass is 16.5. The molecule has 0 rings (SSSR count). The number of Topliss-reactive ketones (excluding diaryl/α,β-unsaturated/α-hetero) is 1. The van der Waals surface area contributed by atoms with Gasteiger partial charge in [0.25, 0.3) is 0 Å². The van der Waals surface area contributed by atoms with E-state index < -0.39 is 0 Å². The van der Waals surface area contributed by atoms with Gasteiger partial charge in [-0.25, -0.2) is 0 Å². The summed E-state index contributed by atoms with van der Waals surface area (Å²) in [5.41, 5.74) is 0. The van der Waals surface area contributed by atoms with Gasteiger partial charge in [-0.3, -0.25) is 4.79 Å². The predicted octanol–water partition coefficient (Wildman–Crippen LogP) is 2.27. The summed E-state index contributed by atoms with van der Waals surface area (Å²) < 4.78 is 5.18. The highest BCUT2D eigenvalue weighted by Gasteiger charge is 2.13. The number of hydrogen-bond acceptors (Lipinski definition) is 2. The molecular formula is C10H20O2. The number of ketones is 1. The van der Waals surface area contributed by atoms with E-state index in [9.17, 15) is 4.79 Å². The Kier molecular flexibility index (Phi) is 5.99. The van der Waals surface area contributed by atoms with Crippen LogP contribution in [0.1, 0.15) is 34.1 Å². The van der Waals surface area contributed by atoms with Crippen LogP contribution in [0, 0.1) is 11.8 Å². The molecule has 2 nitrogen and oxygen atoms in total. The second kappa shape index (κ2) is 6.18. The maximum absolute atomic E-state index is 11.4. The van der Waals surface area contributed by atoms with Crippen LogP contribution in [0.2, 0.25) is 0 Å². The van der Waals surface area contributed by atoms with E-state index in [1.54, 1.807) is 0 Å². The molecule has 0 radical (unpaired) electrons. The molecule has 0 aromatic carbocycles. The Morgan fingerprint density at radius 1 is 1.33 bits per heavy atom. The Labute approximate surface area is 75.3 Å². The van der Waals surface area contributed by atoms with Crippen LogP contribution in [-0.2, 0) is 9.53 Å². The van der Waals surface area contributed by atoms with Crippen molar-refractivity contribution < 1.29 is 9.53 Å². The molecule has 72 valence electrons. The largest absolute Gasteiger partial charge is 0.381 e. The van der Waals surface area contributed by atoms with Crippen molar-refractivity contribution in [1.82, 2.24) is 0 Å². The van der Waals surface area contributed by atoms with E-state index in [0.717, 1.165) is 0 Å². The van der Waals surface area contributed by atoms with Gasteiger partial charge >= 0.3 is 0 Å². The monoisotopic (exact) mass is 172 g/mol. The van der Waals surface area contributed by atoms with Gasteiger partial charge in [0.05, 0.1) is 6.61 Å². The van der Waals surface area contributed by atoms with Crippen LogP contribution in [0.4, 0.5) is 0 Å². The molecule has 1 unspecified atom stereocenters. The smallest absolute Gasteiger partial charge is 0.138 e. The molecular weight excluding hydrogens is 152 g/mol. The molecule has 0 aromatic heterocycles. The SMILES string of the molecule is CCOCC(C)C(=O)CC(C)C. The van der Waals surface area contributed by atoms with Crippen LogP contribution in [0.3, 0.4) is 0 Å². The third-order valence-corrected chi connectivity index (χ3v) is 1.73. The Bertz CT molecular complexity index is 130. The molecule has 0 bridgehead atoms. The van der Waals surface area contributed by atoms with Gasteiger partial charge in [-0.2, -0.15) is 0 Å². The number of ether oxygens (including phenoxy) is 1. The third kappa shape index (κ3) is 5.30. The zero-order valence-corrected chi connectivity index (χ0v) is 8.59. The van der Waals surface area contributed by atoms with Crippen LogP contribution in [0.5, 0.6) is 0 Å². The van der Waals surface area contributed by atoms with Gasteiger partial charge in [0, 0.05) is 18.9 Å². The minimum atomic E-state index is 0.0624. The highest BCUT2D eigenvalue weighted by Crippen LogP contribution is 2.07. The first kappa shape index (κ1) is 11.6. The summed E-state index contributed by atoms with van der Waals surface area (Å²) >= 11 is 0. The maximum Gasteiger partial charge on any atom is 0.138 e. The second-order valence-corrected chi connectivity index (χ2v) is 3.62. The number of carbonyl (C=O) groups is 1. The summed E-state index contributed by atoms with van der Waals surface area (Å²) in [4.78, 5) is 11.4. The van der Waals surface area contributed by atoms with Crippen molar-refractivity contribution in [2.24, 2.45) is 11.8 Å². The fourth-order valence-corrected chi connectivity index (χ4v) is 0.991. The van der Waals surface area contributed by atoms with Crippen molar-refractivity contribution >= 4 is 5.78 Å². The third-order valence-electron chi connectivity index (χ3n) is 1.73. The average molecular weight is 172 g/mol. The lowest BCUT2D eigenvalue weighted by Gasteiger charge is -2.11. The maximum atomic E-state index is 11.4. The number of hydrogen-bond donors (Lipinski definition) is 0. The van der Waals surface area contributed by atoms with Crippen LogP contribution < -0.4 is 0 Å². The summed E-state index contributed by atoms with van der Waals surface area (Å²) in [5.74, 6) is 0.840. The standard InChI is InChI=1S/C10H20O2/c1-5-12-7-9(4)10(11)6-8(2)3/h8-9H,5-7H2,1-4H3. The number of carbonyl (C=O) groups excluding carboxylic acids is 1. The highest BCUT2D eigenvalue weighted by molar-refractivity contribution is 5.80. The van der Waals surface area contributed by atoms with Gasteiger partial charge in [0.1, 0.15) is 5.78 Å². The van der Waals surface area contributed by atoms with Crippen molar-refractivity contribution in [1.29, 1.82) is 0 Å². The zero-order valence-electron chi connectivity index (χ0n) is 8.59. The van der Waals surface area contributed by atoms with E-state index in [0.29, 0.717) is 31.3 Å². The minimum Gasteiger partial charge on any atom is -0.381 e. The molecule has 0 saturated carbocycles. The van der Waals surface area contributed by atoms with Gasteiger partial charge < -0.3 is 4.74 Å². The molecule has 0 fully saturated rings. The van der Waals surface area contributed by atoms with Gasteiger partial charge in [-0.15, -0.1) is 0 Å². The van der Waals surface area contributed by atoms with E-state index >= 15 is 0 Å². The molecule has 0 spiro atoms.